The van der Waals surface area contributed by atoms with E-state index in [2.05, 4.69) is 66.7 Å². The third kappa shape index (κ3) is 5.70. The fourth-order valence-electron chi connectivity index (χ4n) is 2.76. The van der Waals surface area contributed by atoms with Crippen LogP contribution in [0.4, 0.5) is 0 Å². The number of hydrogen-bond donors (Lipinski definition) is 0. The summed E-state index contributed by atoms with van der Waals surface area (Å²) in [6.07, 6.45) is 0. The van der Waals surface area contributed by atoms with Crippen LogP contribution < -0.4 is 18.6 Å². The van der Waals surface area contributed by atoms with Crippen molar-refractivity contribution in [1.82, 2.24) is 0 Å². The number of benzene rings is 3. The summed E-state index contributed by atoms with van der Waals surface area (Å²) >= 11 is 8.04. The first-order valence-corrected chi connectivity index (χ1v) is 10.5. The molecule has 0 bridgehead atoms. The zero-order valence-electron chi connectivity index (χ0n) is 14.4. The molecular formula is C21H14Cl2O4S. The topological polar surface area (TPSA) is 92.2 Å². The normalized spacial score (nSPS) is 11.0. The lowest BCUT2D eigenvalue weighted by atomic mass is 10.0. The monoisotopic (exact) mass is 432 g/mol. The lowest BCUT2D eigenvalue weighted by Gasteiger charge is -2.17. The Bertz CT molecular complexity index is 1060. The predicted molar refractivity (Wildman–Crippen MR) is 102 cm³/mol. The van der Waals surface area contributed by atoms with Gasteiger partial charge in [-0.25, -0.2) is 18.6 Å². The Hall–Kier alpha value is -2.09. The Labute approximate surface area is 173 Å². The SMILES string of the molecule is Clc1ccc2[s+]c(-c3ccccc3)cc(-c3ccccc3)c2c1.[O-][Cl+3]([O-])([O-])[O-]. The molecule has 0 saturated heterocycles. The first-order chi connectivity index (χ1) is 13.3. The molecule has 4 nitrogen and oxygen atoms in total. The molecule has 3 aromatic carbocycles. The van der Waals surface area contributed by atoms with Gasteiger partial charge in [0.1, 0.15) is 0 Å². The van der Waals surface area contributed by atoms with Crippen LogP contribution in [0.15, 0.2) is 84.9 Å². The van der Waals surface area contributed by atoms with Crippen molar-refractivity contribution >= 4 is 33.0 Å². The average Bonchev–Trinajstić information content (AvgIpc) is 2.67. The molecule has 28 heavy (non-hydrogen) atoms. The largest absolute Gasteiger partial charge is 0.239 e. The van der Waals surface area contributed by atoms with E-state index in [0.717, 1.165) is 5.02 Å². The molecule has 0 radical (unpaired) electrons. The van der Waals surface area contributed by atoms with E-state index < -0.39 is 10.2 Å². The third-order valence-corrected chi connectivity index (χ3v) is 5.25. The van der Waals surface area contributed by atoms with Crippen molar-refractivity contribution in [2.45, 2.75) is 0 Å². The van der Waals surface area contributed by atoms with E-state index in [1.54, 1.807) is 11.3 Å². The Morgan fingerprint density at radius 3 is 1.79 bits per heavy atom. The molecule has 4 rings (SSSR count). The van der Waals surface area contributed by atoms with Gasteiger partial charge in [0, 0.05) is 33.7 Å². The van der Waals surface area contributed by atoms with Crippen molar-refractivity contribution in [3.8, 4) is 21.6 Å². The maximum absolute atomic E-state index is 8.49. The third-order valence-electron chi connectivity index (χ3n) is 3.87. The summed E-state index contributed by atoms with van der Waals surface area (Å²) in [6.45, 7) is 0. The first-order valence-electron chi connectivity index (χ1n) is 8.10. The Morgan fingerprint density at radius 1 is 0.679 bits per heavy atom. The van der Waals surface area contributed by atoms with E-state index in [1.807, 2.05) is 18.2 Å². The van der Waals surface area contributed by atoms with Gasteiger partial charge in [-0.2, -0.15) is 0 Å². The molecule has 0 atom stereocenters. The van der Waals surface area contributed by atoms with E-state index >= 15 is 0 Å². The quantitative estimate of drug-likeness (QED) is 0.454. The predicted octanol–water partition coefficient (Wildman–Crippen LogP) is 2.41. The van der Waals surface area contributed by atoms with E-state index in [1.165, 1.54) is 31.7 Å². The highest BCUT2D eigenvalue weighted by Crippen LogP contribution is 2.38. The molecular weight excluding hydrogens is 419 g/mol. The van der Waals surface area contributed by atoms with Crippen molar-refractivity contribution < 1.29 is 28.9 Å². The minimum atomic E-state index is -4.94. The lowest BCUT2D eigenvalue weighted by Crippen LogP contribution is -2.68. The van der Waals surface area contributed by atoms with Gasteiger partial charge in [0.25, 0.3) is 0 Å². The summed E-state index contributed by atoms with van der Waals surface area (Å²) in [5.74, 6) is 0. The zero-order chi connectivity index (χ0) is 20.1. The lowest BCUT2D eigenvalue weighted by molar-refractivity contribution is -2.00. The van der Waals surface area contributed by atoms with E-state index in [-0.39, 0.29) is 0 Å². The minimum absolute atomic E-state index is 0.773. The summed E-state index contributed by atoms with van der Waals surface area (Å²) in [5, 5.41) is 1.97. The summed E-state index contributed by atoms with van der Waals surface area (Å²) in [6, 6.07) is 29.4. The maximum atomic E-state index is 8.49. The van der Waals surface area contributed by atoms with Crippen LogP contribution >= 0.6 is 22.9 Å². The second kappa shape index (κ2) is 8.94. The highest BCUT2D eigenvalue weighted by Gasteiger charge is 2.18. The molecule has 142 valence electrons. The standard InChI is InChI=1S/C21H14ClS.ClHO4/c22-17-11-12-20-19(13-17)18(15-7-3-1-4-8-15)14-21(23-20)16-9-5-2-6-10-16;2-1(3,4)5/h1-14H;(H,2,3,4,5)/q+1;/p-1. The van der Waals surface area contributed by atoms with Crippen LogP contribution in [0.1, 0.15) is 0 Å². The van der Waals surface area contributed by atoms with E-state index in [9.17, 15) is 0 Å². The highest BCUT2D eigenvalue weighted by atomic mass is 35.7. The molecule has 0 N–H and O–H groups in total. The molecule has 0 saturated carbocycles. The molecule has 0 spiro atoms. The van der Waals surface area contributed by atoms with Gasteiger partial charge in [-0.3, -0.25) is 0 Å². The first kappa shape index (κ1) is 20.6. The van der Waals surface area contributed by atoms with Gasteiger partial charge in [-0.1, -0.05) is 60.1 Å². The van der Waals surface area contributed by atoms with Gasteiger partial charge in [0.05, 0.1) is 0 Å². The smallest absolute Gasteiger partial charge is 0.222 e. The van der Waals surface area contributed by atoms with E-state index in [0.29, 0.717) is 0 Å². The van der Waals surface area contributed by atoms with Crippen molar-refractivity contribution in [2.24, 2.45) is 0 Å². The molecule has 0 unspecified atom stereocenters. The van der Waals surface area contributed by atoms with Crippen LogP contribution in [-0.4, -0.2) is 0 Å². The fourth-order valence-corrected chi connectivity index (χ4v) is 4.01. The molecule has 4 aromatic rings. The van der Waals surface area contributed by atoms with Crippen molar-refractivity contribution in [2.75, 3.05) is 0 Å². The summed E-state index contributed by atoms with van der Waals surface area (Å²) in [4.78, 5) is 1.26. The molecule has 0 fully saturated rings. The summed E-state index contributed by atoms with van der Waals surface area (Å²) in [5.41, 5.74) is 3.68. The van der Waals surface area contributed by atoms with Gasteiger partial charge < -0.3 is 0 Å². The molecule has 1 aromatic heterocycles. The number of halogens is 2. The van der Waals surface area contributed by atoms with Gasteiger partial charge in [0.15, 0.2) is 0 Å². The van der Waals surface area contributed by atoms with Gasteiger partial charge in [-0.15, -0.1) is 10.2 Å². The van der Waals surface area contributed by atoms with Crippen molar-refractivity contribution in [3.05, 3.63) is 90.0 Å². The highest BCUT2D eigenvalue weighted by molar-refractivity contribution is 7.21. The molecule has 0 aliphatic heterocycles. The molecule has 0 amide bonds. The Kier molecular flexibility index (Phi) is 6.59. The van der Waals surface area contributed by atoms with E-state index in [4.69, 9.17) is 30.2 Å². The second-order valence-corrected chi connectivity index (χ2v) is 8.05. The van der Waals surface area contributed by atoms with Crippen LogP contribution in [0.2, 0.25) is 5.02 Å². The Balaban J connectivity index is 0.000000403. The van der Waals surface area contributed by atoms with Crippen LogP contribution in [-0.2, 0) is 0 Å². The van der Waals surface area contributed by atoms with Crippen molar-refractivity contribution in [3.63, 3.8) is 0 Å². The van der Waals surface area contributed by atoms with Crippen molar-refractivity contribution in [1.29, 1.82) is 0 Å². The number of fused-ring (bicyclic) bond motifs is 1. The number of rotatable bonds is 2. The van der Waals surface area contributed by atoms with Gasteiger partial charge in [-0.05, 0) is 29.8 Å². The maximum Gasteiger partial charge on any atom is 0.239 e. The van der Waals surface area contributed by atoms with Gasteiger partial charge >= 0.3 is 0 Å². The van der Waals surface area contributed by atoms with Crippen LogP contribution in [0, 0.1) is 10.2 Å². The van der Waals surface area contributed by atoms with Crippen LogP contribution in [0.25, 0.3) is 31.7 Å². The van der Waals surface area contributed by atoms with Crippen LogP contribution in [0.3, 0.4) is 0 Å². The summed E-state index contributed by atoms with van der Waals surface area (Å²) < 4.78 is 35.2. The zero-order valence-corrected chi connectivity index (χ0v) is 16.7. The minimum Gasteiger partial charge on any atom is -0.222 e. The number of hydrogen-bond acceptors (Lipinski definition) is 4. The molecule has 1 heterocycles. The Morgan fingerprint density at radius 2 is 1.21 bits per heavy atom. The van der Waals surface area contributed by atoms with Crippen LogP contribution in [0.5, 0.6) is 0 Å². The molecule has 0 aliphatic rings. The average molecular weight is 433 g/mol. The van der Waals surface area contributed by atoms with Gasteiger partial charge in [0.2, 0.25) is 20.9 Å². The fraction of sp³-hybridized carbons (Fsp3) is 0. The molecule has 7 heteroatoms. The summed E-state index contributed by atoms with van der Waals surface area (Å²) in [7, 11) is -4.94. The second-order valence-electron chi connectivity index (χ2n) is 5.77. The molecule has 0 aliphatic carbocycles.